The average Bonchev–Trinajstić information content (AvgIpc) is 3.25. The molecule has 1 aliphatic rings. The van der Waals surface area contributed by atoms with E-state index in [-0.39, 0.29) is 0 Å². The minimum Gasteiger partial charge on any atom is -0.492 e. The van der Waals surface area contributed by atoms with Gasteiger partial charge in [0.25, 0.3) is 0 Å². The lowest BCUT2D eigenvalue weighted by Crippen LogP contribution is -2.04. The first kappa shape index (κ1) is 15.9. The Kier molecular flexibility index (Phi) is 3.87. The summed E-state index contributed by atoms with van der Waals surface area (Å²) in [5, 5.41) is 0. The number of H-pyrrole nitrogens is 1. The van der Waals surface area contributed by atoms with Gasteiger partial charge in [0.05, 0.1) is 24.8 Å². The molecule has 0 amide bonds. The molecule has 0 saturated carbocycles. The number of benzene rings is 2. The fraction of sp³-hybridized carbons (Fsp3) is 0.318. The van der Waals surface area contributed by atoms with Crippen molar-refractivity contribution in [2.75, 3.05) is 6.61 Å². The fourth-order valence-corrected chi connectivity index (χ4v) is 3.90. The number of aryl methyl sites for hydroxylation is 2. The van der Waals surface area contributed by atoms with Crippen LogP contribution in [-0.4, -0.2) is 16.6 Å². The molecule has 2 heterocycles. The van der Waals surface area contributed by atoms with Crippen molar-refractivity contribution < 1.29 is 4.74 Å². The van der Waals surface area contributed by atoms with E-state index in [9.17, 15) is 0 Å². The number of rotatable bonds is 3. The van der Waals surface area contributed by atoms with Gasteiger partial charge < -0.3 is 9.72 Å². The van der Waals surface area contributed by atoms with E-state index < -0.39 is 0 Å². The molecular formula is C22H24N2O. The number of nitrogens with one attached hydrogen (secondary N) is 1. The molecule has 1 N–H and O–H groups in total. The maximum atomic E-state index is 6.21. The molecule has 4 rings (SSSR count). The van der Waals surface area contributed by atoms with Crippen LogP contribution in [0, 0.1) is 13.8 Å². The van der Waals surface area contributed by atoms with Gasteiger partial charge in [-0.3, -0.25) is 0 Å². The molecule has 3 nitrogen and oxygen atoms in total. The van der Waals surface area contributed by atoms with Gasteiger partial charge >= 0.3 is 0 Å². The zero-order valence-electron chi connectivity index (χ0n) is 15.3. The smallest absolute Gasteiger partial charge is 0.133 e. The Hall–Kier alpha value is -2.55. The van der Waals surface area contributed by atoms with E-state index in [4.69, 9.17) is 4.74 Å². The topological polar surface area (TPSA) is 37.9 Å². The number of ether oxygens (including phenoxy) is 1. The van der Waals surface area contributed by atoms with E-state index in [2.05, 4.69) is 68.0 Å². The molecule has 1 unspecified atom stereocenters. The van der Waals surface area contributed by atoms with Crippen molar-refractivity contribution in [2.24, 2.45) is 0 Å². The lowest BCUT2D eigenvalue weighted by molar-refractivity contribution is 0.344. The van der Waals surface area contributed by atoms with E-state index in [0.29, 0.717) is 18.4 Å². The minimum absolute atomic E-state index is 0.290. The van der Waals surface area contributed by atoms with Crippen LogP contribution in [-0.2, 0) is 0 Å². The van der Waals surface area contributed by atoms with Crippen molar-refractivity contribution >= 4 is 0 Å². The van der Waals surface area contributed by atoms with Crippen molar-refractivity contribution in [3.05, 3.63) is 70.7 Å². The SMILES string of the molecule is Cc1cc(C)c2c(c1-c1cnc[nH]1)OCC2c1ccc(C(C)C)cc1. The highest BCUT2D eigenvalue weighted by molar-refractivity contribution is 5.75. The molecule has 0 spiro atoms. The Morgan fingerprint density at radius 3 is 2.52 bits per heavy atom. The van der Waals surface area contributed by atoms with E-state index in [1.54, 1.807) is 6.33 Å². The zero-order chi connectivity index (χ0) is 17.6. The summed E-state index contributed by atoms with van der Waals surface area (Å²) in [7, 11) is 0. The quantitative estimate of drug-likeness (QED) is 0.703. The van der Waals surface area contributed by atoms with Crippen LogP contribution in [0.5, 0.6) is 5.75 Å². The van der Waals surface area contributed by atoms with Gasteiger partial charge in [-0.1, -0.05) is 44.2 Å². The van der Waals surface area contributed by atoms with E-state index in [1.165, 1.54) is 27.8 Å². The van der Waals surface area contributed by atoms with Crippen LogP contribution in [0.2, 0.25) is 0 Å². The summed E-state index contributed by atoms with van der Waals surface area (Å²) in [5.74, 6) is 1.86. The number of nitrogens with zero attached hydrogens (tertiary/aromatic N) is 1. The van der Waals surface area contributed by atoms with Gasteiger partial charge in [0.15, 0.2) is 0 Å². The minimum atomic E-state index is 0.290. The lowest BCUT2D eigenvalue weighted by atomic mass is 9.86. The molecule has 3 heteroatoms. The van der Waals surface area contributed by atoms with Gasteiger partial charge in [-0.05, 0) is 42.0 Å². The third-order valence-corrected chi connectivity index (χ3v) is 5.24. The van der Waals surface area contributed by atoms with Gasteiger partial charge in [-0.2, -0.15) is 0 Å². The monoisotopic (exact) mass is 332 g/mol. The van der Waals surface area contributed by atoms with Gasteiger partial charge in [-0.15, -0.1) is 0 Å². The van der Waals surface area contributed by atoms with Crippen molar-refractivity contribution in [1.29, 1.82) is 0 Å². The van der Waals surface area contributed by atoms with Crippen LogP contribution in [0.15, 0.2) is 42.9 Å². The van der Waals surface area contributed by atoms with Gasteiger partial charge in [0.2, 0.25) is 0 Å². The van der Waals surface area contributed by atoms with Crippen molar-refractivity contribution in [2.45, 2.75) is 39.5 Å². The summed E-state index contributed by atoms with van der Waals surface area (Å²) in [6.07, 6.45) is 3.59. The summed E-state index contributed by atoms with van der Waals surface area (Å²) in [6.45, 7) is 9.48. The zero-order valence-corrected chi connectivity index (χ0v) is 15.3. The van der Waals surface area contributed by atoms with Gasteiger partial charge in [0.1, 0.15) is 5.75 Å². The van der Waals surface area contributed by atoms with Gasteiger partial charge in [0, 0.05) is 17.0 Å². The summed E-state index contributed by atoms with van der Waals surface area (Å²) in [6, 6.07) is 11.3. The van der Waals surface area contributed by atoms with Crippen LogP contribution < -0.4 is 4.74 Å². The molecule has 0 saturated heterocycles. The number of aromatic amines is 1. The maximum Gasteiger partial charge on any atom is 0.133 e. The largest absolute Gasteiger partial charge is 0.492 e. The first-order valence-corrected chi connectivity index (χ1v) is 8.91. The second-order valence-electron chi connectivity index (χ2n) is 7.28. The molecule has 0 aliphatic carbocycles. The molecule has 1 aromatic heterocycles. The van der Waals surface area contributed by atoms with Crippen LogP contribution in [0.1, 0.15) is 53.5 Å². The molecule has 128 valence electrons. The standard InChI is InChI=1S/C22H24N2O/c1-13(2)16-5-7-17(8-6-16)18-11-25-22-20(18)14(3)9-15(4)21(22)19-10-23-12-24-19/h5-10,12-13,18H,11H2,1-4H3,(H,23,24). The second-order valence-corrected chi connectivity index (χ2v) is 7.28. The molecule has 25 heavy (non-hydrogen) atoms. The highest BCUT2D eigenvalue weighted by Crippen LogP contribution is 2.47. The summed E-state index contributed by atoms with van der Waals surface area (Å²) in [5.41, 5.74) is 8.69. The van der Waals surface area contributed by atoms with Crippen LogP contribution in [0.4, 0.5) is 0 Å². The summed E-state index contributed by atoms with van der Waals surface area (Å²) >= 11 is 0. The third kappa shape index (κ3) is 2.64. The van der Waals surface area contributed by atoms with Crippen molar-refractivity contribution in [1.82, 2.24) is 9.97 Å². The molecule has 0 fully saturated rings. The Morgan fingerprint density at radius 2 is 1.88 bits per heavy atom. The van der Waals surface area contributed by atoms with Crippen molar-refractivity contribution in [3.63, 3.8) is 0 Å². The Balaban J connectivity index is 1.81. The van der Waals surface area contributed by atoms with E-state index >= 15 is 0 Å². The van der Waals surface area contributed by atoms with Crippen molar-refractivity contribution in [3.8, 4) is 17.0 Å². The van der Waals surface area contributed by atoms with Crippen LogP contribution >= 0.6 is 0 Å². The number of aromatic nitrogens is 2. The predicted octanol–water partition coefficient (Wildman–Crippen LogP) is 5.34. The fourth-order valence-electron chi connectivity index (χ4n) is 3.90. The molecule has 1 aliphatic heterocycles. The molecule has 2 aromatic carbocycles. The molecule has 0 bridgehead atoms. The Bertz CT molecular complexity index is 893. The first-order chi connectivity index (χ1) is 12.1. The Morgan fingerprint density at radius 1 is 1.12 bits per heavy atom. The number of fused-ring (bicyclic) bond motifs is 1. The van der Waals surface area contributed by atoms with Crippen LogP contribution in [0.3, 0.4) is 0 Å². The second kappa shape index (κ2) is 6.07. The molecule has 0 radical (unpaired) electrons. The molecular weight excluding hydrogens is 308 g/mol. The molecule has 1 atom stereocenters. The number of hydrogen-bond donors (Lipinski definition) is 1. The summed E-state index contributed by atoms with van der Waals surface area (Å²) < 4.78 is 6.21. The average molecular weight is 332 g/mol. The van der Waals surface area contributed by atoms with Gasteiger partial charge in [-0.25, -0.2) is 4.98 Å². The predicted molar refractivity (Wildman–Crippen MR) is 101 cm³/mol. The van der Waals surface area contributed by atoms with E-state index in [0.717, 1.165) is 17.0 Å². The van der Waals surface area contributed by atoms with E-state index in [1.807, 2.05) is 6.20 Å². The summed E-state index contributed by atoms with van der Waals surface area (Å²) in [4.78, 5) is 7.41. The highest BCUT2D eigenvalue weighted by atomic mass is 16.5. The third-order valence-electron chi connectivity index (χ3n) is 5.24. The maximum absolute atomic E-state index is 6.21. The number of imidazole rings is 1. The molecule has 3 aromatic rings. The number of hydrogen-bond acceptors (Lipinski definition) is 2. The lowest BCUT2D eigenvalue weighted by Gasteiger charge is -2.16. The Labute approximate surface area is 149 Å². The normalized spacial score (nSPS) is 16.1. The highest BCUT2D eigenvalue weighted by Gasteiger charge is 2.31. The van der Waals surface area contributed by atoms with Crippen LogP contribution in [0.25, 0.3) is 11.3 Å². The first-order valence-electron chi connectivity index (χ1n) is 8.91.